The van der Waals surface area contributed by atoms with Crippen LogP contribution >= 0.6 is 0 Å². The lowest BCUT2D eigenvalue weighted by molar-refractivity contribution is -0.0241. The van der Waals surface area contributed by atoms with Crippen LogP contribution in [0.4, 0.5) is 0 Å². The van der Waals surface area contributed by atoms with Crippen LogP contribution in [0.2, 0.25) is 0 Å². The molecule has 1 aliphatic carbocycles. The molecule has 2 rings (SSSR count). The molecule has 0 amide bonds. The molecule has 100 valence electrons. The third-order valence-corrected chi connectivity index (χ3v) is 5.59. The van der Waals surface area contributed by atoms with E-state index in [1.807, 2.05) is 7.05 Å². The van der Waals surface area contributed by atoms with E-state index in [1.165, 1.54) is 0 Å². The molecule has 2 aliphatic rings. The summed E-state index contributed by atoms with van der Waals surface area (Å²) in [6, 6.07) is 0.100. The summed E-state index contributed by atoms with van der Waals surface area (Å²) in [5.74, 6) is 0.247. The summed E-state index contributed by atoms with van der Waals surface area (Å²) < 4.78 is 31.8. The number of rotatable bonds is 5. The molecule has 0 bridgehead atoms. The van der Waals surface area contributed by atoms with Crippen LogP contribution in [0, 0.1) is 0 Å². The summed E-state index contributed by atoms with van der Waals surface area (Å²) in [5.41, 5.74) is 0. The molecule has 5 nitrogen and oxygen atoms in total. The second-order valence-electron chi connectivity index (χ2n) is 4.79. The topological polar surface area (TPSA) is 58.6 Å². The maximum Gasteiger partial charge on any atom is 0.214 e. The average Bonchev–Trinajstić information content (AvgIpc) is 2.76. The quantitative estimate of drug-likeness (QED) is 0.718. The maximum atomic E-state index is 12.2. The molecule has 0 aromatic heterocycles. The largest absolute Gasteiger partial charge is 0.375 e. The highest BCUT2D eigenvalue weighted by Gasteiger charge is 2.41. The number of nitrogens with one attached hydrogen (secondary N) is 1. The molecule has 0 radical (unpaired) electrons. The van der Waals surface area contributed by atoms with Gasteiger partial charge in [-0.1, -0.05) is 0 Å². The number of sulfonamides is 1. The maximum absolute atomic E-state index is 12.2. The minimum atomic E-state index is -3.10. The molecule has 1 N–H and O–H groups in total. The highest BCUT2D eigenvalue weighted by Crippen LogP contribution is 2.31. The second kappa shape index (κ2) is 5.65. The van der Waals surface area contributed by atoms with Gasteiger partial charge in [-0.25, -0.2) is 8.42 Å². The first-order valence-electron chi connectivity index (χ1n) is 6.41. The fourth-order valence-corrected chi connectivity index (χ4v) is 4.53. The molecule has 2 unspecified atom stereocenters. The predicted octanol–water partition coefficient (Wildman–Crippen LogP) is 0.179. The van der Waals surface area contributed by atoms with Crippen molar-refractivity contribution in [3.63, 3.8) is 0 Å². The Bertz CT molecular complexity index is 345. The zero-order valence-corrected chi connectivity index (χ0v) is 11.2. The van der Waals surface area contributed by atoms with E-state index in [2.05, 4.69) is 5.32 Å². The summed E-state index contributed by atoms with van der Waals surface area (Å²) in [5, 5.41) is 2.98. The number of morpholine rings is 1. The third kappa shape index (κ3) is 2.99. The average molecular weight is 262 g/mol. The highest BCUT2D eigenvalue weighted by atomic mass is 32.2. The van der Waals surface area contributed by atoms with Gasteiger partial charge in [0.2, 0.25) is 10.0 Å². The summed E-state index contributed by atoms with van der Waals surface area (Å²) >= 11 is 0. The Hall–Kier alpha value is -0.170. The minimum absolute atomic E-state index is 0.100. The van der Waals surface area contributed by atoms with Crippen molar-refractivity contribution in [1.82, 2.24) is 9.62 Å². The Morgan fingerprint density at radius 2 is 2.24 bits per heavy atom. The predicted molar refractivity (Wildman–Crippen MR) is 66.4 cm³/mol. The fourth-order valence-electron chi connectivity index (χ4n) is 2.78. The van der Waals surface area contributed by atoms with E-state index in [0.29, 0.717) is 19.6 Å². The molecule has 17 heavy (non-hydrogen) atoms. The number of ether oxygens (including phenoxy) is 1. The van der Waals surface area contributed by atoms with Gasteiger partial charge < -0.3 is 10.1 Å². The zero-order chi connectivity index (χ0) is 12.3. The smallest absolute Gasteiger partial charge is 0.214 e. The molecule has 1 heterocycles. The Morgan fingerprint density at radius 1 is 1.41 bits per heavy atom. The van der Waals surface area contributed by atoms with Crippen molar-refractivity contribution >= 4 is 10.0 Å². The van der Waals surface area contributed by atoms with Crippen LogP contribution in [0.25, 0.3) is 0 Å². The first kappa shape index (κ1) is 13.3. The summed E-state index contributed by atoms with van der Waals surface area (Å²) in [6.45, 7) is 1.83. The van der Waals surface area contributed by atoms with Crippen molar-refractivity contribution in [1.29, 1.82) is 0 Å². The Balaban J connectivity index is 1.99. The van der Waals surface area contributed by atoms with E-state index in [9.17, 15) is 8.42 Å². The van der Waals surface area contributed by atoms with Gasteiger partial charge in [-0.2, -0.15) is 4.31 Å². The van der Waals surface area contributed by atoms with Gasteiger partial charge in [-0.15, -0.1) is 0 Å². The van der Waals surface area contributed by atoms with E-state index < -0.39 is 10.0 Å². The molecule has 1 aliphatic heterocycles. The molecular weight excluding hydrogens is 240 g/mol. The van der Waals surface area contributed by atoms with Crippen molar-refractivity contribution in [3.05, 3.63) is 0 Å². The van der Waals surface area contributed by atoms with Gasteiger partial charge in [0.15, 0.2) is 0 Å². The summed E-state index contributed by atoms with van der Waals surface area (Å²) in [6.07, 6.45) is 3.86. The van der Waals surface area contributed by atoms with Crippen LogP contribution < -0.4 is 5.32 Å². The van der Waals surface area contributed by atoms with Gasteiger partial charge in [0.05, 0.1) is 24.5 Å². The standard InChI is InChI=1S/C11H22N2O3S/c1-12-6-3-9-17(14,15)13-7-8-16-11-5-2-4-10(11)13/h10-12H,2-9H2,1H3. The van der Waals surface area contributed by atoms with Crippen LogP contribution in [-0.4, -0.2) is 57.4 Å². The number of nitrogens with zero attached hydrogens (tertiary/aromatic N) is 1. The van der Waals surface area contributed by atoms with Gasteiger partial charge in [0.1, 0.15) is 0 Å². The van der Waals surface area contributed by atoms with Crippen molar-refractivity contribution in [3.8, 4) is 0 Å². The van der Waals surface area contributed by atoms with Gasteiger partial charge in [0, 0.05) is 6.54 Å². The number of hydrogen-bond donors (Lipinski definition) is 1. The van der Waals surface area contributed by atoms with Crippen LogP contribution in [0.5, 0.6) is 0 Å². The SMILES string of the molecule is CNCCCS(=O)(=O)N1CCOC2CCCC21. The van der Waals surface area contributed by atoms with E-state index in [1.54, 1.807) is 4.31 Å². The lowest BCUT2D eigenvalue weighted by atomic mass is 10.2. The van der Waals surface area contributed by atoms with E-state index in [4.69, 9.17) is 4.74 Å². The number of hydrogen-bond acceptors (Lipinski definition) is 4. The van der Waals surface area contributed by atoms with Crippen molar-refractivity contribution in [2.75, 3.05) is 32.5 Å². The first-order chi connectivity index (χ1) is 8.15. The van der Waals surface area contributed by atoms with Crippen LogP contribution in [0.15, 0.2) is 0 Å². The van der Waals surface area contributed by atoms with E-state index in [0.717, 1.165) is 25.8 Å². The van der Waals surface area contributed by atoms with Crippen LogP contribution in [0.3, 0.4) is 0 Å². The van der Waals surface area contributed by atoms with Gasteiger partial charge in [0.25, 0.3) is 0 Å². The fraction of sp³-hybridized carbons (Fsp3) is 1.00. The van der Waals surface area contributed by atoms with Crippen molar-refractivity contribution in [2.45, 2.75) is 37.8 Å². The summed E-state index contributed by atoms with van der Waals surface area (Å²) in [4.78, 5) is 0. The molecule has 2 atom stereocenters. The van der Waals surface area contributed by atoms with Gasteiger partial charge in [-0.3, -0.25) is 0 Å². The number of fused-ring (bicyclic) bond motifs is 1. The Morgan fingerprint density at radius 3 is 3.00 bits per heavy atom. The lowest BCUT2D eigenvalue weighted by Crippen LogP contribution is -2.51. The zero-order valence-electron chi connectivity index (χ0n) is 10.4. The lowest BCUT2D eigenvalue weighted by Gasteiger charge is -2.36. The molecule has 0 spiro atoms. The first-order valence-corrected chi connectivity index (χ1v) is 8.02. The molecule has 0 aromatic carbocycles. The molecular formula is C11H22N2O3S. The third-order valence-electron chi connectivity index (χ3n) is 3.62. The van der Waals surface area contributed by atoms with Crippen molar-refractivity contribution in [2.24, 2.45) is 0 Å². The molecule has 1 saturated heterocycles. The normalized spacial score (nSPS) is 30.4. The van der Waals surface area contributed by atoms with E-state index in [-0.39, 0.29) is 17.9 Å². The molecule has 1 saturated carbocycles. The van der Waals surface area contributed by atoms with Gasteiger partial charge in [-0.05, 0) is 39.3 Å². The monoisotopic (exact) mass is 262 g/mol. The Kier molecular flexibility index (Phi) is 4.41. The van der Waals surface area contributed by atoms with Gasteiger partial charge >= 0.3 is 0 Å². The molecule has 0 aromatic rings. The molecule has 2 fully saturated rings. The second-order valence-corrected chi connectivity index (χ2v) is 6.83. The van der Waals surface area contributed by atoms with Crippen molar-refractivity contribution < 1.29 is 13.2 Å². The Labute approximate surface area is 104 Å². The van der Waals surface area contributed by atoms with E-state index >= 15 is 0 Å². The summed E-state index contributed by atoms with van der Waals surface area (Å²) in [7, 11) is -1.25. The van der Waals surface area contributed by atoms with Crippen LogP contribution in [0.1, 0.15) is 25.7 Å². The minimum Gasteiger partial charge on any atom is -0.375 e. The molecule has 6 heteroatoms. The van der Waals surface area contributed by atoms with Crippen LogP contribution in [-0.2, 0) is 14.8 Å². The highest BCUT2D eigenvalue weighted by molar-refractivity contribution is 7.89.